The fourth-order valence-electron chi connectivity index (χ4n) is 0.603. The molecule has 0 spiro atoms. The lowest BCUT2D eigenvalue weighted by atomic mass is 10.2. The van der Waals surface area contributed by atoms with Gasteiger partial charge in [-0.1, -0.05) is 13.8 Å². The Hall–Kier alpha value is -0.880. The molecule has 1 aromatic heterocycles. The first kappa shape index (κ1) is 7.23. The van der Waals surface area contributed by atoms with E-state index in [1.807, 2.05) is 11.4 Å². The van der Waals surface area contributed by atoms with Gasteiger partial charge >= 0.3 is 0 Å². The lowest BCUT2D eigenvalue weighted by Crippen LogP contribution is -1.85. The topological polar surface area (TPSA) is 36.7 Å². The van der Waals surface area contributed by atoms with Gasteiger partial charge in [0.25, 0.3) is 0 Å². The zero-order valence-electron chi connectivity index (χ0n) is 5.96. The van der Waals surface area contributed by atoms with Crippen LogP contribution in [0, 0.1) is 11.3 Å². The highest BCUT2D eigenvalue weighted by Crippen LogP contribution is 2.16. The molecule has 0 aromatic carbocycles. The van der Waals surface area contributed by atoms with Crippen LogP contribution >= 0.6 is 11.3 Å². The molecule has 3 heteroatoms. The third kappa shape index (κ3) is 1.34. The molecule has 1 rings (SSSR count). The third-order valence-electron chi connectivity index (χ3n) is 1.21. The van der Waals surface area contributed by atoms with Crippen LogP contribution in [0.1, 0.15) is 30.5 Å². The van der Waals surface area contributed by atoms with E-state index in [2.05, 4.69) is 18.8 Å². The highest BCUT2D eigenvalue weighted by Gasteiger charge is 2.03. The molecule has 10 heavy (non-hydrogen) atoms. The van der Waals surface area contributed by atoms with Crippen molar-refractivity contribution >= 4 is 11.3 Å². The van der Waals surface area contributed by atoms with E-state index >= 15 is 0 Å². The van der Waals surface area contributed by atoms with Crippen molar-refractivity contribution in [2.24, 2.45) is 0 Å². The van der Waals surface area contributed by atoms with Gasteiger partial charge in [0, 0.05) is 5.38 Å². The van der Waals surface area contributed by atoms with E-state index in [1.165, 1.54) is 11.3 Å². The molecule has 0 radical (unpaired) electrons. The van der Waals surface area contributed by atoms with E-state index in [0.717, 1.165) is 5.69 Å². The molecular weight excluding hydrogens is 144 g/mol. The maximum atomic E-state index is 8.43. The lowest BCUT2D eigenvalue weighted by Gasteiger charge is -1.94. The highest BCUT2D eigenvalue weighted by molar-refractivity contribution is 7.10. The quantitative estimate of drug-likeness (QED) is 0.618. The second-order valence-corrected chi connectivity index (χ2v) is 3.20. The Balaban J connectivity index is 2.91. The van der Waals surface area contributed by atoms with E-state index in [4.69, 9.17) is 5.26 Å². The van der Waals surface area contributed by atoms with Crippen LogP contribution in [-0.4, -0.2) is 4.98 Å². The van der Waals surface area contributed by atoms with Crippen molar-refractivity contribution in [1.82, 2.24) is 4.98 Å². The predicted molar refractivity (Wildman–Crippen MR) is 40.9 cm³/mol. The Kier molecular flexibility index (Phi) is 2.03. The van der Waals surface area contributed by atoms with Gasteiger partial charge in [-0.25, -0.2) is 4.98 Å². The van der Waals surface area contributed by atoms with Crippen molar-refractivity contribution in [3.8, 4) is 6.07 Å². The van der Waals surface area contributed by atoms with Crippen molar-refractivity contribution in [3.05, 3.63) is 16.1 Å². The first-order chi connectivity index (χ1) is 4.74. The van der Waals surface area contributed by atoms with Gasteiger partial charge in [0.15, 0.2) is 5.01 Å². The molecule has 0 atom stereocenters. The first-order valence-electron chi connectivity index (χ1n) is 3.09. The molecule has 0 saturated carbocycles. The van der Waals surface area contributed by atoms with E-state index in [-0.39, 0.29) is 0 Å². The van der Waals surface area contributed by atoms with Crippen LogP contribution < -0.4 is 0 Å². The summed E-state index contributed by atoms with van der Waals surface area (Å²) < 4.78 is 0. The summed E-state index contributed by atoms with van der Waals surface area (Å²) in [6, 6.07) is 2.01. The molecule has 0 unspecified atom stereocenters. The standard InChI is InChI=1S/C7H8N2S/c1-5(2)6-4-10-7(3-8)9-6/h4-5H,1-2H3. The van der Waals surface area contributed by atoms with Gasteiger partial charge in [-0.05, 0) is 5.92 Å². The summed E-state index contributed by atoms with van der Waals surface area (Å²) in [5, 5.41) is 10.9. The average Bonchev–Trinajstić information content (AvgIpc) is 2.34. The Morgan fingerprint density at radius 2 is 2.40 bits per heavy atom. The molecule has 0 aliphatic carbocycles. The minimum Gasteiger partial charge on any atom is -0.231 e. The van der Waals surface area contributed by atoms with Crippen molar-refractivity contribution in [1.29, 1.82) is 5.26 Å². The minimum absolute atomic E-state index is 0.429. The van der Waals surface area contributed by atoms with E-state index in [9.17, 15) is 0 Å². The second-order valence-electron chi connectivity index (χ2n) is 2.34. The summed E-state index contributed by atoms with van der Waals surface area (Å²) in [7, 11) is 0. The molecule has 0 aliphatic heterocycles. The van der Waals surface area contributed by atoms with Gasteiger partial charge in [0.05, 0.1) is 5.69 Å². The molecule has 0 amide bonds. The van der Waals surface area contributed by atoms with Crippen LogP contribution in [0.3, 0.4) is 0 Å². The van der Waals surface area contributed by atoms with Gasteiger partial charge in [0.2, 0.25) is 0 Å². The van der Waals surface area contributed by atoms with Crippen LogP contribution in [0.2, 0.25) is 0 Å². The maximum absolute atomic E-state index is 8.43. The zero-order valence-corrected chi connectivity index (χ0v) is 6.77. The monoisotopic (exact) mass is 152 g/mol. The molecule has 2 nitrogen and oxygen atoms in total. The molecule has 0 N–H and O–H groups in total. The number of nitrogens with zero attached hydrogens (tertiary/aromatic N) is 2. The summed E-state index contributed by atoms with van der Waals surface area (Å²) in [5.41, 5.74) is 1.02. The summed E-state index contributed by atoms with van der Waals surface area (Å²) >= 11 is 1.41. The van der Waals surface area contributed by atoms with Crippen LogP contribution in [0.25, 0.3) is 0 Å². The molecule has 1 aromatic rings. The van der Waals surface area contributed by atoms with Crippen molar-refractivity contribution in [2.45, 2.75) is 19.8 Å². The Labute approximate surface area is 64.1 Å². The molecular formula is C7H8N2S. The lowest BCUT2D eigenvalue weighted by molar-refractivity contribution is 0.831. The van der Waals surface area contributed by atoms with Crippen LogP contribution in [0.4, 0.5) is 0 Å². The highest BCUT2D eigenvalue weighted by atomic mass is 32.1. The first-order valence-corrected chi connectivity index (χ1v) is 3.97. The second kappa shape index (κ2) is 2.80. The molecule has 0 aliphatic rings. The normalized spacial score (nSPS) is 9.80. The average molecular weight is 152 g/mol. The Bertz CT molecular complexity index is 257. The zero-order chi connectivity index (χ0) is 7.56. The largest absolute Gasteiger partial charge is 0.231 e. The third-order valence-corrected chi connectivity index (χ3v) is 1.97. The smallest absolute Gasteiger partial charge is 0.194 e. The number of nitriles is 1. The molecule has 0 saturated heterocycles. The maximum Gasteiger partial charge on any atom is 0.194 e. The Morgan fingerprint density at radius 1 is 1.70 bits per heavy atom. The van der Waals surface area contributed by atoms with E-state index < -0.39 is 0 Å². The van der Waals surface area contributed by atoms with Crippen molar-refractivity contribution in [2.75, 3.05) is 0 Å². The number of hydrogen-bond donors (Lipinski definition) is 0. The summed E-state index contributed by atoms with van der Waals surface area (Å²) in [6.07, 6.45) is 0. The predicted octanol–water partition coefficient (Wildman–Crippen LogP) is 2.14. The number of thiazole rings is 1. The summed E-state index contributed by atoms with van der Waals surface area (Å²) in [6.45, 7) is 4.13. The number of hydrogen-bond acceptors (Lipinski definition) is 3. The number of aromatic nitrogens is 1. The number of rotatable bonds is 1. The molecule has 0 bridgehead atoms. The molecule has 52 valence electrons. The van der Waals surface area contributed by atoms with Gasteiger partial charge < -0.3 is 0 Å². The minimum atomic E-state index is 0.429. The van der Waals surface area contributed by atoms with Crippen LogP contribution in [0.5, 0.6) is 0 Å². The van der Waals surface area contributed by atoms with Crippen LogP contribution in [-0.2, 0) is 0 Å². The van der Waals surface area contributed by atoms with E-state index in [0.29, 0.717) is 10.9 Å². The van der Waals surface area contributed by atoms with Crippen molar-refractivity contribution < 1.29 is 0 Å². The summed E-state index contributed by atoms with van der Waals surface area (Å²) in [5.74, 6) is 0.429. The summed E-state index contributed by atoms with van der Waals surface area (Å²) in [4.78, 5) is 4.09. The van der Waals surface area contributed by atoms with Crippen LogP contribution in [0.15, 0.2) is 5.38 Å². The molecule has 0 fully saturated rings. The molecule has 1 heterocycles. The van der Waals surface area contributed by atoms with Crippen molar-refractivity contribution in [3.63, 3.8) is 0 Å². The van der Waals surface area contributed by atoms with Gasteiger partial charge in [-0.2, -0.15) is 5.26 Å². The fraction of sp³-hybridized carbons (Fsp3) is 0.429. The Morgan fingerprint density at radius 3 is 2.70 bits per heavy atom. The van der Waals surface area contributed by atoms with Gasteiger partial charge in [0.1, 0.15) is 6.07 Å². The van der Waals surface area contributed by atoms with Gasteiger partial charge in [-0.15, -0.1) is 11.3 Å². The SMILES string of the molecule is CC(C)c1csc(C#N)n1. The van der Waals surface area contributed by atoms with E-state index in [1.54, 1.807) is 0 Å². The van der Waals surface area contributed by atoms with Gasteiger partial charge in [-0.3, -0.25) is 0 Å². The fourth-order valence-corrected chi connectivity index (χ4v) is 1.37.